The Balaban J connectivity index is 1.46. The summed E-state index contributed by atoms with van der Waals surface area (Å²) >= 11 is 0. The molecule has 1 aliphatic heterocycles. The largest absolute Gasteiger partial charge is 0.373 e. The number of hydrogen-bond acceptors (Lipinski definition) is 6. The zero-order valence-electron chi connectivity index (χ0n) is 15.4. The van der Waals surface area contributed by atoms with Gasteiger partial charge in [0, 0.05) is 32.4 Å². The molecule has 2 heterocycles. The number of nitrogens with zero attached hydrogens (tertiary/aromatic N) is 6. The van der Waals surface area contributed by atoms with E-state index < -0.39 is 5.82 Å². The van der Waals surface area contributed by atoms with Crippen molar-refractivity contribution in [1.29, 1.82) is 0 Å². The van der Waals surface area contributed by atoms with Gasteiger partial charge >= 0.3 is 0 Å². The maximum Gasteiger partial charge on any atom is 0.238 e. The monoisotopic (exact) mass is 381 g/mol. The number of rotatable bonds is 4. The lowest BCUT2D eigenvalue weighted by molar-refractivity contribution is -0.117. The van der Waals surface area contributed by atoms with Crippen LogP contribution in [0, 0.1) is 5.82 Å². The summed E-state index contributed by atoms with van der Waals surface area (Å²) in [6.45, 7) is 2.40. The van der Waals surface area contributed by atoms with E-state index in [4.69, 9.17) is 0 Å². The number of anilines is 2. The average Bonchev–Trinajstić information content (AvgIpc) is 3.17. The van der Waals surface area contributed by atoms with Crippen LogP contribution >= 0.6 is 0 Å². The van der Waals surface area contributed by atoms with Crippen LogP contribution in [0.15, 0.2) is 48.8 Å². The Bertz CT molecular complexity index is 976. The molecule has 0 saturated heterocycles. The molecule has 0 fully saturated rings. The number of carbonyl (C=O) groups is 1. The SMILES string of the molecule is CN1CCN(CC(=O)Nc2cc(-n3cnnn3)ccc2F)Cc2ccccc21. The van der Waals surface area contributed by atoms with E-state index in [2.05, 4.69) is 42.8 Å². The Labute approximate surface area is 161 Å². The van der Waals surface area contributed by atoms with Crippen molar-refractivity contribution in [2.75, 3.05) is 36.9 Å². The maximum atomic E-state index is 14.2. The van der Waals surface area contributed by atoms with Crippen LogP contribution in [0.5, 0.6) is 0 Å². The minimum atomic E-state index is -0.508. The average molecular weight is 381 g/mol. The molecule has 0 radical (unpaired) electrons. The molecule has 3 aromatic rings. The molecule has 0 atom stereocenters. The molecule has 1 amide bonds. The minimum Gasteiger partial charge on any atom is -0.373 e. The van der Waals surface area contributed by atoms with Crippen molar-refractivity contribution in [2.45, 2.75) is 6.54 Å². The molecular formula is C19H20FN7O. The van der Waals surface area contributed by atoms with E-state index in [-0.39, 0.29) is 18.1 Å². The number of fused-ring (bicyclic) bond motifs is 1. The number of tetrazole rings is 1. The molecule has 144 valence electrons. The molecule has 1 aromatic heterocycles. The fraction of sp³-hybridized carbons (Fsp3) is 0.263. The van der Waals surface area contributed by atoms with Gasteiger partial charge in [-0.25, -0.2) is 9.07 Å². The Morgan fingerprint density at radius 1 is 1.21 bits per heavy atom. The highest BCUT2D eigenvalue weighted by Gasteiger charge is 2.19. The number of benzene rings is 2. The first-order valence-corrected chi connectivity index (χ1v) is 8.94. The van der Waals surface area contributed by atoms with E-state index in [1.165, 1.54) is 34.4 Å². The highest BCUT2D eigenvalue weighted by Crippen LogP contribution is 2.24. The molecule has 8 nitrogen and oxygen atoms in total. The number of halogens is 1. The number of para-hydroxylation sites is 1. The molecule has 0 spiro atoms. The maximum absolute atomic E-state index is 14.2. The lowest BCUT2D eigenvalue weighted by Gasteiger charge is -2.20. The number of aromatic nitrogens is 4. The van der Waals surface area contributed by atoms with Crippen molar-refractivity contribution in [3.8, 4) is 5.69 Å². The molecule has 28 heavy (non-hydrogen) atoms. The number of nitrogens with one attached hydrogen (secondary N) is 1. The van der Waals surface area contributed by atoms with Gasteiger partial charge in [0.25, 0.3) is 0 Å². The highest BCUT2D eigenvalue weighted by atomic mass is 19.1. The van der Waals surface area contributed by atoms with Crippen LogP contribution in [-0.2, 0) is 11.3 Å². The Morgan fingerprint density at radius 3 is 2.89 bits per heavy atom. The normalized spacial score (nSPS) is 14.4. The predicted octanol–water partition coefficient (Wildman–Crippen LogP) is 1.69. The van der Waals surface area contributed by atoms with E-state index in [0.717, 1.165) is 13.1 Å². The van der Waals surface area contributed by atoms with Gasteiger partial charge in [-0.2, -0.15) is 0 Å². The van der Waals surface area contributed by atoms with Gasteiger partial charge in [-0.3, -0.25) is 9.69 Å². The van der Waals surface area contributed by atoms with Crippen LogP contribution in [0.2, 0.25) is 0 Å². The summed E-state index contributed by atoms with van der Waals surface area (Å²) in [4.78, 5) is 16.8. The van der Waals surface area contributed by atoms with Crippen LogP contribution in [0.1, 0.15) is 5.56 Å². The van der Waals surface area contributed by atoms with Gasteiger partial charge in [0.2, 0.25) is 5.91 Å². The van der Waals surface area contributed by atoms with E-state index in [1.54, 1.807) is 6.07 Å². The first-order valence-electron chi connectivity index (χ1n) is 8.94. The summed E-state index contributed by atoms with van der Waals surface area (Å²) in [7, 11) is 2.04. The molecule has 9 heteroatoms. The zero-order chi connectivity index (χ0) is 19.5. The zero-order valence-corrected chi connectivity index (χ0v) is 15.4. The summed E-state index contributed by atoms with van der Waals surface area (Å²) in [5.41, 5.74) is 3.00. The first-order chi connectivity index (χ1) is 13.6. The molecule has 4 rings (SSSR count). The molecule has 0 saturated carbocycles. The second-order valence-electron chi connectivity index (χ2n) is 6.73. The van der Waals surface area contributed by atoms with E-state index in [9.17, 15) is 9.18 Å². The summed E-state index contributed by atoms with van der Waals surface area (Å²) in [6.07, 6.45) is 1.41. The summed E-state index contributed by atoms with van der Waals surface area (Å²) < 4.78 is 15.6. The van der Waals surface area contributed by atoms with Gasteiger partial charge in [-0.1, -0.05) is 18.2 Å². The highest BCUT2D eigenvalue weighted by molar-refractivity contribution is 5.92. The van der Waals surface area contributed by atoms with Gasteiger partial charge in [0.15, 0.2) is 0 Å². The Kier molecular flexibility index (Phi) is 4.98. The van der Waals surface area contributed by atoms with Gasteiger partial charge in [-0.05, 0) is 40.3 Å². The number of carbonyl (C=O) groups excluding carboxylic acids is 1. The third-order valence-electron chi connectivity index (χ3n) is 4.75. The van der Waals surface area contributed by atoms with Crippen molar-refractivity contribution in [2.24, 2.45) is 0 Å². The third kappa shape index (κ3) is 3.84. The third-order valence-corrected chi connectivity index (χ3v) is 4.75. The van der Waals surface area contributed by atoms with Crippen molar-refractivity contribution in [3.63, 3.8) is 0 Å². The molecule has 1 aliphatic rings. The molecular weight excluding hydrogens is 361 g/mol. The van der Waals surface area contributed by atoms with E-state index >= 15 is 0 Å². The minimum absolute atomic E-state index is 0.102. The molecule has 0 aliphatic carbocycles. The van der Waals surface area contributed by atoms with Gasteiger partial charge in [-0.15, -0.1) is 5.10 Å². The quantitative estimate of drug-likeness (QED) is 0.741. The number of amides is 1. The fourth-order valence-corrected chi connectivity index (χ4v) is 3.31. The molecule has 2 aromatic carbocycles. The van der Waals surface area contributed by atoms with Gasteiger partial charge in [0.05, 0.1) is 17.9 Å². The summed E-state index contributed by atoms with van der Waals surface area (Å²) in [5.74, 6) is -0.777. The Morgan fingerprint density at radius 2 is 2.07 bits per heavy atom. The number of hydrogen-bond donors (Lipinski definition) is 1. The summed E-state index contributed by atoms with van der Waals surface area (Å²) in [5, 5.41) is 13.6. The van der Waals surface area contributed by atoms with Crippen molar-refractivity contribution in [1.82, 2.24) is 25.1 Å². The topological polar surface area (TPSA) is 79.2 Å². The lowest BCUT2D eigenvalue weighted by Crippen LogP contribution is -2.35. The molecule has 1 N–H and O–H groups in total. The van der Waals surface area contributed by atoms with E-state index in [1.807, 2.05) is 19.2 Å². The molecule has 0 bridgehead atoms. The van der Waals surface area contributed by atoms with Crippen LogP contribution in [-0.4, -0.2) is 57.7 Å². The molecule has 0 unspecified atom stereocenters. The van der Waals surface area contributed by atoms with Gasteiger partial charge < -0.3 is 10.2 Å². The van der Waals surface area contributed by atoms with Crippen LogP contribution in [0.4, 0.5) is 15.8 Å². The van der Waals surface area contributed by atoms with Crippen LogP contribution in [0.25, 0.3) is 5.69 Å². The van der Waals surface area contributed by atoms with Crippen LogP contribution in [0.3, 0.4) is 0 Å². The van der Waals surface area contributed by atoms with Crippen LogP contribution < -0.4 is 10.2 Å². The standard InChI is InChI=1S/C19H20FN7O/c1-25-8-9-26(11-14-4-2-3-5-18(14)25)12-19(28)22-17-10-15(6-7-16(17)20)27-13-21-23-24-27/h2-7,10,13H,8-9,11-12H2,1H3,(H,22,28). The van der Waals surface area contributed by atoms with Gasteiger partial charge in [0.1, 0.15) is 12.1 Å². The van der Waals surface area contributed by atoms with Crippen molar-refractivity contribution >= 4 is 17.3 Å². The van der Waals surface area contributed by atoms with E-state index in [0.29, 0.717) is 12.2 Å². The smallest absolute Gasteiger partial charge is 0.238 e. The van der Waals surface area contributed by atoms with Crippen molar-refractivity contribution < 1.29 is 9.18 Å². The predicted molar refractivity (Wildman–Crippen MR) is 103 cm³/mol. The lowest BCUT2D eigenvalue weighted by atomic mass is 10.1. The van der Waals surface area contributed by atoms with Crippen molar-refractivity contribution in [3.05, 3.63) is 60.2 Å². The second-order valence-corrected chi connectivity index (χ2v) is 6.73. The Hall–Kier alpha value is -3.33. The number of likely N-dealkylation sites (N-methyl/N-ethyl adjacent to an activating group) is 1. The first kappa shape index (κ1) is 18.1. The fourth-order valence-electron chi connectivity index (χ4n) is 3.31. The summed E-state index contributed by atoms with van der Waals surface area (Å²) in [6, 6.07) is 12.5. The second kappa shape index (κ2) is 7.73.